The Bertz CT molecular complexity index is 1360. The number of hydrogen-bond acceptors (Lipinski definition) is 4. The van der Waals surface area contributed by atoms with Crippen molar-refractivity contribution >= 4 is 24.0 Å². The van der Waals surface area contributed by atoms with Crippen molar-refractivity contribution in [2.45, 2.75) is 30.9 Å². The molecule has 1 amide bonds. The highest BCUT2D eigenvalue weighted by molar-refractivity contribution is 6.02. The molecule has 3 aromatic carbocycles. The number of amides is 1. The van der Waals surface area contributed by atoms with E-state index in [2.05, 4.69) is 20.4 Å². The number of para-hydroxylation sites is 1. The zero-order chi connectivity index (χ0) is 28.2. The molecule has 4 rings (SSSR count). The number of nitrogens with one attached hydrogen (secondary N) is 3. The van der Waals surface area contributed by atoms with Crippen molar-refractivity contribution in [3.05, 3.63) is 89.5 Å². The van der Waals surface area contributed by atoms with Gasteiger partial charge in [0.05, 0.1) is 11.9 Å². The number of amidine groups is 1. The van der Waals surface area contributed by atoms with Crippen molar-refractivity contribution in [3.8, 4) is 11.5 Å². The first-order valence-electron chi connectivity index (χ1n) is 11.4. The second-order valence-corrected chi connectivity index (χ2v) is 8.42. The predicted octanol–water partition coefficient (Wildman–Crippen LogP) is 6.71. The maximum Gasteiger partial charge on any atom is 0.573 e. The van der Waals surface area contributed by atoms with E-state index in [0.717, 1.165) is 29.8 Å². The number of rotatable bonds is 7. The average Bonchev–Trinajstić information content (AvgIpc) is 3.62. The summed E-state index contributed by atoms with van der Waals surface area (Å²) in [4.78, 5) is 16.1. The fourth-order valence-electron chi connectivity index (χ4n) is 3.68. The summed E-state index contributed by atoms with van der Waals surface area (Å²) in [5, 5.41) is 13.4. The molecule has 3 N–H and O–H groups in total. The molecule has 7 nitrogen and oxygen atoms in total. The Morgan fingerprint density at radius 3 is 2.26 bits per heavy atom. The lowest BCUT2D eigenvalue weighted by Gasteiger charge is -2.13. The van der Waals surface area contributed by atoms with Gasteiger partial charge in [-0.2, -0.15) is 13.2 Å². The molecular formula is C26H20F6N4O3. The van der Waals surface area contributed by atoms with Crippen LogP contribution in [0.2, 0.25) is 0 Å². The molecule has 13 heteroatoms. The van der Waals surface area contributed by atoms with Crippen LogP contribution in [0.1, 0.15) is 29.0 Å². The SMILES string of the molecule is N=C(/N=C\Nc1ccc(OC(F)(F)F)cc1)c1ccc(C2CC2NC(=O)Oc2ccccc2C(F)(F)F)cc1. The molecule has 0 heterocycles. The fraction of sp³-hybridized carbons (Fsp3) is 0.192. The highest BCUT2D eigenvalue weighted by Crippen LogP contribution is 2.41. The Morgan fingerprint density at radius 2 is 1.62 bits per heavy atom. The van der Waals surface area contributed by atoms with E-state index in [9.17, 15) is 31.1 Å². The van der Waals surface area contributed by atoms with Gasteiger partial charge in [0, 0.05) is 23.2 Å². The third-order valence-corrected chi connectivity index (χ3v) is 5.61. The number of ether oxygens (including phenoxy) is 2. The standard InChI is InChI=1S/C26H20F6N4O3/c27-25(28,29)20-3-1-2-4-22(20)38-24(37)36-21-13-19(21)15-5-7-16(8-6-15)23(33)35-14-34-17-9-11-18(12-10-17)39-26(30,31)32/h1-12,14,19,21H,13H2,(H,36,37)(H2,33,34,35). The number of carbonyl (C=O) groups excluding carboxylic acids is 1. The molecule has 39 heavy (non-hydrogen) atoms. The largest absolute Gasteiger partial charge is 0.573 e. The molecule has 1 fully saturated rings. The molecule has 2 atom stereocenters. The molecule has 0 spiro atoms. The van der Waals surface area contributed by atoms with Crippen molar-refractivity contribution in [2.75, 3.05) is 5.32 Å². The Hall–Kier alpha value is -4.55. The van der Waals surface area contributed by atoms with Crippen LogP contribution in [0, 0.1) is 5.41 Å². The van der Waals surface area contributed by atoms with Crippen molar-refractivity contribution in [3.63, 3.8) is 0 Å². The third kappa shape index (κ3) is 7.72. The number of benzene rings is 3. The van der Waals surface area contributed by atoms with Crippen LogP contribution < -0.4 is 20.1 Å². The molecule has 1 saturated carbocycles. The van der Waals surface area contributed by atoms with Crippen LogP contribution in [-0.4, -0.2) is 30.7 Å². The molecule has 0 saturated heterocycles. The van der Waals surface area contributed by atoms with Gasteiger partial charge in [0.2, 0.25) is 0 Å². The lowest BCUT2D eigenvalue weighted by atomic mass is 10.1. The molecule has 1 aliphatic rings. The second kappa shape index (κ2) is 11.1. The van der Waals surface area contributed by atoms with Gasteiger partial charge in [-0.15, -0.1) is 13.2 Å². The zero-order valence-corrected chi connectivity index (χ0v) is 19.8. The van der Waals surface area contributed by atoms with Gasteiger partial charge in [-0.25, -0.2) is 9.79 Å². The Morgan fingerprint density at radius 1 is 0.949 bits per heavy atom. The minimum absolute atomic E-state index is 0.0619. The van der Waals surface area contributed by atoms with Crippen molar-refractivity contribution in [1.82, 2.24) is 5.32 Å². The van der Waals surface area contributed by atoms with E-state index in [-0.39, 0.29) is 23.5 Å². The lowest BCUT2D eigenvalue weighted by molar-refractivity contribution is -0.274. The zero-order valence-electron chi connectivity index (χ0n) is 19.8. The van der Waals surface area contributed by atoms with E-state index >= 15 is 0 Å². The Balaban J connectivity index is 1.26. The summed E-state index contributed by atoms with van der Waals surface area (Å²) in [5.74, 6) is -1.09. The summed E-state index contributed by atoms with van der Waals surface area (Å²) in [6.07, 6.45) is -8.63. The maximum absolute atomic E-state index is 13.1. The van der Waals surface area contributed by atoms with Gasteiger partial charge < -0.3 is 20.1 Å². The van der Waals surface area contributed by atoms with Crippen molar-refractivity contribution in [2.24, 2.45) is 4.99 Å². The lowest BCUT2D eigenvalue weighted by Crippen LogP contribution is -2.30. The Labute approximate surface area is 218 Å². The topological polar surface area (TPSA) is 95.8 Å². The van der Waals surface area contributed by atoms with Gasteiger partial charge in [0.1, 0.15) is 11.5 Å². The fourth-order valence-corrected chi connectivity index (χ4v) is 3.68. The quantitative estimate of drug-likeness (QED) is 0.173. The number of anilines is 1. The summed E-state index contributed by atoms with van der Waals surface area (Å²) in [6.45, 7) is 0. The maximum atomic E-state index is 13.1. The van der Waals surface area contributed by atoms with Crippen LogP contribution in [0.3, 0.4) is 0 Å². The van der Waals surface area contributed by atoms with Crippen LogP contribution >= 0.6 is 0 Å². The van der Waals surface area contributed by atoms with Crippen molar-refractivity contribution in [1.29, 1.82) is 5.41 Å². The molecule has 0 radical (unpaired) electrons. The van der Waals surface area contributed by atoms with Crippen LogP contribution in [0.4, 0.5) is 36.8 Å². The summed E-state index contributed by atoms with van der Waals surface area (Å²) in [5.41, 5.74) is 0.732. The highest BCUT2D eigenvalue weighted by atomic mass is 19.4. The van der Waals surface area contributed by atoms with E-state index in [1.807, 2.05) is 0 Å². The predicted molar refractivity (Wildman–Crippen MR) is 130 cm³/mol. The third-order valence-electron chi connectivity index (χ3n) is 5.61. The van der Waals surface area contributed by atoms with E-state index < -0.39 is 29.9 Å². The first kappa shape index (κ1) is 27.5. The van der Waals surface area contributed by atoms with E-state index in [0.29, 0.717) is 17.7 Å². The number of halogens is 6. The summed E-state index contributed by atoms with van der Waals surface area (Å²) < 4.78 is 84.6. The molecule has 2 unspecified atom stereocenters. The van der Waals surface area contributed by atoms with Gasteiger partial charge in [-0.05, 0) is 48.4 Å². The average molecular weight is 550 g/mol. The van der Waals surface area contributed by atoms with Crippen LogP contribution in [0.25, 0.3) is 0 Å². The smallest absolute Gasteiger partial charge is 0.410 e. The van der Waals surface area contributed by atoms with Gasteiger partial charge in [0.25, 0.3) is 0 Å². The first-order chi connectivity index (χ1) is 18.4. The van der Waals surface area contributed by atoms with Crippen LogP contribution in [0.5, 0.6) is 11.5 Å². The summed E-state index contributed by atoms with van der Waals surface area (Å²) >= 11 is 0. The van der Waals surface area contributed by atoms with Crippen LogP contribution in [0.15, 0.2) is 77.8 Å². The number of hydrogen-bond donors (Lipinski definition) is 3. The molecule has 1 aliphatic carbocycles. The van der Waals surface area contributed by atoms with Gasteiger partial charge >= 0.3 is 18.6 Å². The minimum Gasteiger partial charge on any atom is -0.410 e. The normalized spacial score (nSPS) is 17.0. The molecule has 0 aromatic heterocycles. The van der Waals surface area contributed by atoms with E-state index in [1.54, 1.807) is 24.3 Å². The van der Waals surface area contributed by atoms with Crippen molar-refractivity contribution < 1.29 is 40.6 Å². The van der Waals surface area contributed by atoms with Gasteiger partial charge in [0.15, 0.2) is 5.84 Å². The summed E-state index contributed by atoms with van der Waals surface area (Å²) in [6, 6.07) is 15.9. The number of alkyl halides is 6. The monoisotopic (exact) mass is 550 g/mol. The molecule has 3 aromatic rings. The van der Waals surface area contributed by atoms with Crippen LogP contribution in [-0.2, 0) is 6.18 Å². The first-order valence-corrected chi connectivity index (χ1v) is 11.4. The number of nitrogens with zero attached hydrogens (tertiary/aromatic N) is 1. The summed E-state index contributed by atoms with van der Waals surface area (Å²) in [7, 11) is 0. The molecule has 0 bridgehead atoms. The number of aliphatic imine (C=N–C) groups is 1. The van der Waals surface area contributed by atoms with E-state index in [1.165, 1.54) is 30.6 Å². The van der Waals surface area contributed by atoms with E-state index in [4.69, 9.17) is 10.1 Å². The van der Waals surface area contributed by atoms with Gasteiger partial charge in [-0.3, -0.25) is 5.41 Å². The van der Waals surface area contributed by atoms with Gasteiger partial charge in [-0.1, -0.05) is 36.4 Å². The second-order valence-electron chi connectivity index (χ2n) is 8.42. The minimum atomic E-state index is -4.78. The molecule has 204 valence electrons. The Kier molecular flexibility index (Phi) is 7.79. The highest BCUT2D eigenvalue weighted by Gasteiger charge is 2.40. The number of carbonyl (C=O) groups is 1. The molecule has 0 aliphatic heterocycles. The molecular weight excluding hydrogens is 530 g/mol.